The van der Waals surface area contributed by atoms with Gasteiger partial charge in [0.2, 0.25) is 9.47 Å². The summed E-state index contributed by atoms with van der Waals surface area (Å²) in [4.78, 5) is 12.0. The topological polar surface area (TPSA) is 92.3 Å². The number of sulfonamides is 1. The zero-order chi connectivity index (χ0) is 17.0. The number of nitrogens with one attached hydrogen (secondary N) is 1. The number of hydrogen-bond acceptors (Lipinski definition) is 6. The van der Waals surface area contributed by atoms with Crippen molar-refractivity contribution in [3.63, 3.8) is 0 Å². The molecule has 1 aromatic heterocycles. The van der Waals surface area contributed by atoms with Gasteiger partial charge in [-0.2, -0.15) is 4.31 Å². The molecule has 0 bridgehead atoms. The van der Waals surface area contributed by atoms with E-state index in [1.165, 1.54) is 22.5 Å². The van der Waals surface area contributed by atoms with Crippen molar-refractivity contribution < 1.29 is 17.6 Å². The van der Waals surface area contributed by atoms with Gasteiger partial charge in [-0.3, -0.25) is 10.1 Å². The van der Waals surface area contributed by atoms with Crippen molar-refractivity contribution in [3.05, 3.63) is 35.6 Å². The van der Waals surface area contributed by atoms with Crippen LogP contribution in [0.15, 0.2) is 28.6 Å². The van der Waals surface area contributed by atoms with Crippen molar-refractivity contribution in [2.24, 2.45) is 0 Å². The van der Waals surface area contributed by atoms with Crippen molar-refractivity contribution in [3.8, 4) is 0 Å². The molecule has 0 saturated carbocycles. The second-order valence-corrected chi connectivity index (χ2v) is 7.49. The van der Waals surface area contributed by atoms with E-state index in [1.807, 2.05) is 0 Å². The molecule has 1 N–H and O–H groups in total. The van der Waals surface area contributed by atoms with E-state index in [2.05, 4.69) is 15.5 Å². The summed E-state index contributed by atoms with van der Waals surface area (Å²) in [7, 11) is -3.74. The third-order valence-corrected chi connectivity index (χ3v) is 6.25. The Morgan fingerprint density at radius 2 is 1.91 bits per heavy atom. The van der Waals surface area contributed by atoms with Crippen LogP contribution in [0.25, 0.3) is 0 Å². The van der Waals surface area contributed by atoms with Crippen LogP contribution in [0.2, 0.25) is 0 Å². The average molecular weight is 358 g/mol. The van der Waals surface area contributed by atoms with Crippen LogP contribution in [0.5, 0.6) is 0 Å². The summed E-state index contributed by atoms with van der Waals surface area (Å²) in [6.07, 6.45) is 0. The highest BCUT2D eigenvalue weighted by Crippen LogP contribution is 2.23. The fourth-order valence-electron chi connectivity index (χ4n) is 1.85. The van der Waals surface area contributed by atoms with Gasteiger partial charge in [0.25, 0.3) is 15.9 Å². The first kappa shape index (κ1) is 17.4. The van der Waals surface area contributed by atoms with Gasteiger partial charge in [0.05, 0.1) is 5.56 Å². The van der Waals surface area contributed by atoms with E-state index >= 15 is 0 Å². The number of amides is 1. The Bertz CT molecular complexity index is 803. The fourth-order valence-corrected chi connectivity index (χ4v) is 4.34. The normalized spacial score (nSPS) is 11.7. The minimum atomic E-state index is -3.74. The lowest BCUT2D eigenvalue weighted by Gasteiger charge is -2.15. The van der Waals surface area contributed by atoms with Crippen LogP contribution in [-0.4, -0.2) is 41.9 Å². The highest BCUT2D eigenvalue weighted by atomic mass is 32.2. The predicted octanol–water partition coefficient (Wildman–Crippen LogP) is 1.96. The molecule has 0 aliphatic rings. The number of benzene rings is 1. The molecule has 0 aliphatic carbocycles. The van der Waals surface area contributed by atoms with Gasteiger partial charge in [-0.25, -0.2) is 12.8 Å². The van der Waals surface area contributed by atoms with E-state index in [4.69, 9.17) is 0 Å². The fraction of sp³-hybridized carbons (Fsp3) is 0.308. The summed E-state index contributed by atoms with van der Waals surface area (Å²) in [5.41, 5.74) is -0.157. The molecule has 0 saturated heterocycles. The summed E-state index contributed by atoms with van der Waals surface area (Å²) in [5.74, 6) is -1.39. The summed E-state index contributed by atoms with van der Waals surface area (Å²) in [5, 5.41) is 9.58. The number of carbonyl (C=O) groups is 1. The van der Waals surface area contributed by atoms with Gasteiger partial charge in [-0.15, -0.1) is 10.2 Å². The molecular weight excluding hydrogens is 343 g/mol. The third-order valence-electron chi connectivity index (χ3n) is 3.01. The third kappa shape index (κ3) is 3.71. The number of rotatable bonds is 6. The van der Waals surface area contributed by atoms with Crippen LogP contribution in [0.1, 0.15) is 24.2 Å². The monoisotopic (exact) mass is 358 g/mol. The second kappa shape index (κ2) is 7.11. The molecule has 0 radical (unpaired) electrons. The maximum absolute atomic E-state index is 13.5. The lowest BCUT2D eigenvalue weighted by Crippen LogP contribution is -2.30. The molecule has 0 fully saturated rings. The zero-order valence-electron chi connectivity index (χ0n) is 12.5. The zero-order valence-corrected chi connectivity index (χ0v) is 14.1. The van der Waals surface area contributed by atoms with Crippen molar-refractivity contribution in [2.75, 3.05) is 18.4 Å². The highest BCUT2D eigenvalue weighted by Gasteiger charge is 2.26. The molecule has 7 nitrogen and oxygen atoms in total. The van der Waals surface area contributed by atoms with Crippen molar-refractivity contribution in [1.29, 1.82) is 0 Å². The van der Waals surface area contributed by atoms with Gasteiger partial charge in [0.1, 0.15) is 5.82 Å². The van der Waals surface area contributed by atoms with Gasteiger partial charge in [0, 0.05) is 13.1 Å². The van der Waals surface area contributed by atoms with E-state index < -0.39 is 21.7 Å². The summed E-state index contributed by atoms with van der Waals surface area (Å²) < 4.78 is 39.1. The molecule has 1 amide bonds. The van der Waals surface area contributed by atoms with Crippen LogP contribution in [0.4, 0.5) is 9.52 Å². The van der Waals surface area contributed by atoms with Crippen molar-refractivity contribution in [2.45, 2.75) is 18.2 Å². The van der Waals surface area contributed by atoms with Crippen LogP contribution >= 0.6 is 11.3 Å². The summed E-state index contributed by atoms with van der Waals surface area (Å²) in [6.45, 7) is 4.02. The molecule has 0 atom stereocenters. The first-order chi connectivity index (χ1) is 10.9. The van der Waals surface area contributed by atoms with Gasteiger partial charge in [-0.1, -0.05) is 37.3 Å². The molecule has 2 aromatic rings. The highest BCUT2D eigenvalue weighted by molar-refractivity contribution is 7.91. The number of carbonyl (C=O) groups excluding carboxylic acids is 1. The van der Waals surface area contributed by atoms with E-state index in [-0.39, 0.29) is 15.0 Å². The standard InChI is InChI=1S/C13H15FN4O3S2/c1-3-18(4-2)23(20,21)13-17-16-12(22-13)15-11(19)9-7-5-6-8-10(9)14/h5-8H,3-4H2,1-2H3,(H,15,16,19). The number of anilines is 1. The molecule has 10 heteroatoms. The second-order valence-electron chi connectivity index (χ2n) is 4.40. The first-order valence-electron chi connectivity index (χ1n) is 6.79. The Morgan fingerprint density at radius 1 is 1.26 bits per heavy atom. The minimum Gasteiger partial charge on any atom is -0.296 e. The molecule has 0 aliphatic heterocycles. The Hall–Kier alpha value is -1.91. The van der Waals surface area contributed by atoms with Crippen molar-refractivity contribution >= 4 is 32.4 Å². The quantitative estimate of drug-likeness (QED) is 0.797. The van der Waals surface area contributed by atoms with E-state index in [0.29, 0.717) is 13.1 Å². The van der Waals surface area contributed by atoms with E-state index in [1.54, 1.807) is 13.8 Å². The Kier molecular flexibility index (Phi) is 5.39. The molecular formula is C13H15FN4O3S2. The summed E-state index contributed by atoms with van der Waals surface area (Å²) >= 11 is 0.722. The first-order valence-corrected chi connectivity index (χ1v) is 9.05. The number of nitrogens with zero attached hydrogens (tertiary/aromatic N) is 3. The van der Waals surface area contributed by atoms with Crippen LogP contribution < -0.4 is 5.32 Å². The van der Waals surface area contributed by atoms with Gasteiger partial charge >= 0.3 is 0 Å². The van der Waals surface area contributed by atoms with Gasteiger partial charge in [0.15, 0.2) is 0 Å². The molecule has 2 rings (SSSR count). The molecule has 0 spiro atoms. The summed E-state index contributed by atoms with van der Waals surface area (Å²) in [6, 6.07) is 5.46. The van der Waals surface area contributed by atoms with Gasteiger partial charge in [-0.05, 0) is 12.1 Å². The maximum atomic E-state index is 13.5. The van der Waals surface area contributed by atoms with E-state index in [0.717, 1.165) is 17.4 Å². The lowest BCUT2D eigenvalue weighted by molar-refractivity contribution is 0.102. The smallest absolute Gasteiger partial charge is 0.272 e. The Balaban J connectivity index is 2.20. The van der Waals surface area contributed by atoms with Gasteiger partial charge < -0.3 is 0 Å². The van der Waals surface area contributed by atoms with Crippen LogP contribution in [-0.2, 0) is 10.0 Å². The Labute approximate surface area is 137 Å². The molecule has 1 heterocycles. The molecule has 124 valence electrons. The molecule has 1 aromatic carbocycles. The SMILES string of the molecule is CCN(CC)S(=O)(=O)c1nnc(NC(=O)c2ccccc2F)s1. The van der Waals surface area contributed by atoms with E-state index in [9.17, 15) is 17.6 Å². The largest absolute Gasteiger partial charge is 0.296 e. The van der Waals surface area contributed by atoms with Crippen LogP contribution in [0, 0.1) is 5.82 Å². The minimum absolute atomic E-state index is 0.0102. The molecule has 23 heavy (non-hydrogen) atoms. The van der Waals surface area contributed by atoms with Crippen LogP contribution in [0.3, 0.4) is 0 Å². The Morgan fingerprint density at radius 3 is 2.52 bits per heavy atom. The number of hydrogen-bond donors (Lipinski definition) is 1. The average Bonchev–Trinajstić information content (AvgIpc) is 2.98. The van der Waals surface area contributed by atoms with Crippen molar-refractivity contribution in [1.82, 2.24) is 14.5 Å². The number of aromatic nitrogens is 2. The molecule has 0 unspecified atom stereocenters. The number of halogens is 1. The lowest BCUT2D eigenvalue weighted by atomic mass is 10.2. The predicted molar refractivity (Wildman–Crippen MR) is 84.4 cm³/mol. The maximum Gasteiger partial charge on any atom is 0.272 e.